The molecular weight excluding hydrogens is 611 g/mol. The highest BCUT2D eigenvalue weighted by molar-refractivity contribution is 7.13. The van der Waals surface area contributed by atoms with Gasteiger partial charge in [-0.15, -0.1) is 11.3 Å². The van der Waals surface area contributed by atoms with Crippen molar-refractivity contribution in [3.63, 3.8) is 0 Å². The molecule has 2 heterocycles. The molecule has 2 bridgehead atoms. The standard InChI is InChI=1S/C36H45BN4O5S/c1-21(2)16-30(37-45-29-18-25-17-28(35(25,4)5)36(29,6)46-37)41-32(43)26(19-38-31(42)23-14-12-22(3)13-15-23)39-33(44)27-20-47-34(40-27)24-10-8-7-9-11-24/h7-15,20-21,25-26,28-30H,16-19H2,1-6H3,(H,38,42)(H,39,44)(H,41,43)/t25-,26-,28-,29+,30-,36-/m0/s1. The molecular formula is C36H45BN4O5S. The van der Waals surface area contributed by atoms with E-state index in [1.807, 2.05) is 49.4 Å². The minimum atomic E-state index is -1.07. The van der Waals surface area contributed by atoms with Gasteiger partial charge in [-0.2, -0.15) is 0 Å². The van der Waals surface area contributed by atoms with E-state index in [1.54, 1.807) is 17.5 Å². The second-order valence-corrected chi connectivity index (χ2v) is 15.4. The number of hydrogen-bond donors (Lipinski definition) is 3. The van der Waals surface area contributed by atoms with Gasteiger partial charge in [-0.3, -0.25) is 14.4 Å². The number of hydrogen-bond acceptors (Lipinski definition) is 7. The molecule has 2 aromatic carbocycles. The molecule has 0 radical (unpaired) electrons. The Morgan fingerprint density at radius 1 is 1.00 bits per heavy atom. The SMILES string of the molecule is Cc1ccc(C(=O)NC[C@H](NC(=O)c2csc(-c3ccccc3)n2)C(=O)N[C@@H](CC(C)C)B2O[C@@H]3C[C@@H]4C[C@@H](C4(C)C)[C@]3(C)O2)cc1. The van der Waals surface area contributed by atoms with Crippen LogP contribution in [0.1, 0.15) is 80.3 Å². The van der Waals surface area contributed by atoms with Gasteiger partial charge in [0.25, 0.3) is 11.8 Å². The number of rotatable bonds is 11. The van der Waals surface area contributed by atoms with Gasteiger partial charge >= 0.3 is 7.12 Å². The Morgan fingerprint density at radius 2 is 1.72 bits per heavy atom. The van der Waals surface area contributed by atoms with Crippen LogP contribution < -0.4 is 16.0 Å². The maximum absolute atomic E-state index is 14.0. The number of aryl methyl sites for hydroxylation is 1. The fraction of sp³-hybridized carbons (Fsp3) is 0.500. The van der Waals surface area contributed by atoms with E-state index in [4.69, 9.17) is 9.31 Å². The summed E-state index contributed by atoms with van der Waals surface area (Å²) >= 11 is 1.35. The Bertz CT molecular complexity index is 1610. The molecule has 0 spiro atoms. The highest BCUT2D eigenvalue weighted by Gasteiger charge is 2.68. The summed E-state index contributed by atoms with van der Waals surface area (Å²) < 4.78 is 13.3. The van der Waals surface area contributed by atoms with Crippen molar-refractivity contribution >= 4 is 36.2 Å². The van der Waals surface area contributed by atoms with Crippen molar-refractivity contribution in [2.75, 3.05) is 6.54 Å². The molecule has 3 aromatic rings. The van der Waals surface area contributed by atoms with E-state index in [0.29, 0.717) is 28.8 Å². The van der Waals surface area contributed by atoms with Crippen molar-refractivity contribution in [2.24, 2.45) is 23.2 Å². The van der Waals surface area contributed by atoms with Crippen LogP contribution in [0.15, 0.2) is 60.0 Å². The summed E-state index contributed by atoms with van der Waals surface area (Å²) in [6.07, 6.45) is 2.68. The van der Waals surface area contributed by atoms with Crippen LogP contribution in [0.4, 0.5) is 0 Å². The molecule has 3 amide bonds. The third-order valence-electron chi connectivity index (χ3n) is 10.5. The zero-order valence-electron chi connectivity index (χ0n) is 28.0. The summed E-state index contributed by atoms with van der Waals surface area (Å²) in [4.78, 5) is 45.1. The highest BCUT2D eigenvalue weighted by Crippen LogP contribution is 2.65. The predicted octanol–water partition coefficient (Wildman–Crippen LogP) is 5.45. The topological polar surface area (TPSA) is 119 Å². The van der Waals surface area contributed by atoms with Gasteiger partial charge in [-0.1, -0.05) is 75.7 Å². The first-order chi connectivity index (χ1) is 22.3. The third kappa shape index (κ3) is 6.75. The number of thiazole rings is 1. The number of amides is 3. The van der Waals surface area contributed by atoms with Crippen molar-refractivity contribution in [1.29, 1.82) is 0 Å². The van der Waals surface area contributed by atoms with Crippen LogP contribution in [-0.2, 0) is 14.1 Å². The van der Waals surface area contributed by atoms with E-state index in [0.717, 1.165) is 24.0 Å². The van der Waals surface area contributed by atoms with E-state index in [2.05, 4.69) is 55.6 Å². The van der Waals surface area contributed by atoms with Crippen LogP contribution in [0.3, 0.4) is 0 Å². The Morgan fingerprint density at radius 3 is 2.40 bits per heavy atom. The fourth-order valence-corrected chi connectivity index (χ4v) is 8.44. The Labute approximate surface area is 281 Å². The first-order valence-electron chi connectivity index (χ1n) is 16.7. The Hall–Kier alpha value is -3.54. The Kier molecular flexibility index (Phi) is 9.35. The average Bonchev–Trinajstić information content (AvgIpc) is 3.68. The molecule has 3 aliphatic carbocycles. The molecule has 3 N–H and O–H groups in total. The van der Waals surface area contributed by atoms with Gasteiger partial charge in [0.2, 0.25) is 5.91 Å². The molecule has 4 aliphatic rings. The number of nitrogens with zero attached hydrogens (tertiary/aromatic N) is 1. The van der Waals surface area contributed by atoms with Crippen LogP contribution in [0.5, 0.6) is 0 Å². The molecule has 248 valence electrons. The largest absolute Gasteiger partial charge is 0.481 e. The van der Waals surface area contributed by atoms with Gasteiger partial charge in [0, 0.05) is 23.1 Å². The van der Waals surface area contributed by atoms with E-state index in [-0.39, 0.29) is 35.6 Å². The molecule has 1 saturated heterocycles. The molecule has 9 nitrogen and oxygen atoms in total. The summed E-state index contributed by atoms with van der Waals surface area (Å²) in [5, 5.41) is 11.2. The van der Waals surface area contributed by atoms with Crippen molar-refractivity contribution in [3.8, 4) is 10.6 Å². The summed E-state index contributed by atoms with van der Waals surface area (Å²) in [6.45, 7) is 12.8. The van der Waals surface area contributed by atoms with Crippen molar-refractivity contribution < 1.29 is 23.7 Å². The molecule has 0 unspecified atom stereocenters. The molecule has 3 saturated carbocycles. The van der Waals surface area contributed by atoms with Crippen LogP contribution in [0.2, 0.25) is 0 Å². The zero-order valence-corrected chi connectivity index (χ0v) is 28.9. The van der Waals surface area contributed by atoms with Gasteiger partial charge in [0.1, 0.15) is 16.7 Å². The maximum atomic E-state index is 14.0. The van der Waals surface area contributed by atoms with Crippen LogP contribution in [0, 0.1) is 30.1 Å². The van der Waals surface area contributed by atoms with Crippen LogP contribution >= 0.6 is 11.3 Å². The molecule has 11 heteroatoms. The van der Waals surface area contributed by atoms with E-state index in [9.17, 15) is 14.4 Å². The van der Waals surface area contributed by atoms with Crippen LogP contribution in [-0.4, -0.2) is 60.1 Å². The summed E-state index contributed by atoms with van der Waals surface area (Å²) in [6, 6.07) is 15.7. The normalized spacial score (nSPS) is 25.3. The number of aromatic nitrogens is 1. The summed E-state index contributed by atoms with van der Waals surface area (Å²) in [5.74, 6) is -0.462. The van der Waals surface area contributed by atoms with E-state index in [1.165, 1.54) is 11.3 Å². The maximum Gasteiger partial charge on any atom is 0.481 e. The van der Waals surface area contributed by atoms with Crippen LogP contribution in [0.25, 0.3) is 10.6 Å². The smallest absolute Gasteiger partial charge is 0.404 e. The second-order valence-electron chi connectivity index (χ2n) is 14.6. The minimum absolute atomic E-state index is 0.0244. The predicted molar refractivity (Wildman–Crippen MR) is 184 cm³/mol. The lowest BCUT2D eigenvalue weighted by atomic mass is 9.43. The third-order valence-corrected chi connectivity index (χ3v) is 11.4. The van der Waals surface area contributed by atoms with Crippen molar-refractivity contribution in [3.05, 3.63) is 76.8 Å². The molecule has 47 heavy (non-hydrogen) atoms. The quantitative estimate of drug-likeness (QED) is 0.237. The molecule has 6 atom stereocenters. The Balaban J connectivity index is 1.19. The molecule has 7 rings (SSSR count). The number of carbonyl (C=O) groups excluding carboxylic acids is 3. The second kappa shape index (κ2) is 13.2. The zero-order chi connectivity index (χ0) is 33.5. The monoisotopic (exact) mass is 656 g/mol. The average molecular weight is 657 g/mol. The minimum Gasteiger partial charge on any atom is -0.404 e. The van der Waals surface area contributed by atoms with Gasteiger partial charge < -0.3 is 25.3 Å². The van der Waals surface area contributed by atoms with Gasteiger partial charge in [0.15, 0.2) is 0 Å². The number of benzene rings is 2. The summed E-state index contributed by atoms with van der Waals surface area (Å²) in [5.41, 5.74) is 2.39. The van der Waals surface area contributed by atoms with E-state index >= 15 is 0 Å². The first-order valence-corrected chi connectivity index (χ1v) is 17.5. The molecule has 1 aromatic heterocycles. The summed E-state index contributed by atoms with van der Waals surface area (Å²) in [7, 11) is -0.614. The first kappa shape index (κ1) is 33.4. The molecule has 4 fully saturated rings. The number of nitrogens with one attached hydrogen (secondary N) is 3. The van der Waals surface area contributed by atoms with Gasteiger partial charge in [-0.25, -0.2) is 4.98 Å². The molecule has 1 aliphatic heterocycles. The van der Waals surface area contributed by atoms with E-state index < -0.39 is 36.5 Å². The lowest BCUT2D eigenvalue weighted by molar-refractivity contribution is -0.199. The van der Waals surface area contributed by atoms with Crippen molar-refractivity contribution in [2.45, 2.75) is 84.5 Å². The number of carbonyl (C=O) groups is 3. The lowest BCUT2D eigenvalue weighted by Gasteiger charge is -2.64. The van der Waals surface area contributed by atoms with Crippen molar-refractivity contribution in [1.82, 2.24) is 20.9 Å². The fourth-order valence-electron chi connectivity index (χ4n) is 7.63. The van der Waals surface area contributed by atoms with Gasteiger partial charge in [-0.05, 0) is 68.4 Å². The lowest BCUT2D eigenvalue weighted by Crippen LogP contribution is -2.65. The highest BCUT2D eigenvalue weighted by atomic mass is 32.1. The van der Waals surface area contributed by atoms with Gasteiger partial charge in [0.05, 0.1) is 17.6 Å².